The van der Waals surface area contributed by atoms with Gasteiger partial charge in [0, 0.05) is 16.6 Å². The van der Waals surface area contributed by atoms with E-state index in [-0.39, 0.29) is 16.4 Å². The molecule has 1 amide bonds. The van der Waals surface area contributed by atoms with Gasteiger partial charge in [0.05, 0.1) is 4.90 Å². The maximum absolute atomic E-state index is 12.3. The van der Waals surface area contributed by atoms with E-state index in [4.69, 9.17) is 15.9 Å². The van der Waals surface area contributed by atoms with Crippen LogP contribution in [-0.4, -0.2) is 20.3 Å². The SMILES string of the molecule is Cc1cc2cc(NC(N)=NS(=O)(=O)c3ccc(C(N)=O)cc3)ccc2o1. The Hall–Kier alpha value is -3.33. The number of hydrogen-bond donors (Lipinski definition) is 3. The number of hydrogen-bond acceptors (Lipinski definition) is 4. The van der Waals surface area contributed by atoms with Gasteiger partial charge in [0.15, 0.2) is 0 Å². The third-order valence-electron chi connectivity index (χ3n) is 3.57. The first-order valence-corrected chi connectivity index (χ1v) is 8.96. The topological polar surface area (TPSA) is 141 Å². The molecule has 0 aliphatic carbocycles. The number of sulfonamides is 1. The molecular formula is C17H16N4O4S. The first-order valence-electron chi connectivity index (χ1n) is 7.52. The molecule has 0 aliphatic rings. The van der Waals surface area contributed by atoms with Gasteiger partial charge in [0.2, 0.25) is 11.9 Å². The molecule has 0 aliphatic heterocycles. The number of anilines is 1. The third kappa shape index (κ3) is 3.67. The Kier molecular flexibility index (Phi) is 4.39. The summed E-state index contributed by atoms with van der Waals surface area (Å²) >= 11 is 0. The summed E-state index contributed by atoms with van der Waals surface area (Å²) in [7, 11) is -4.03. The molecular weight excluding hydrogens is 356 g/mol. The van der Waals surface area contributed by atoms with Gasteiger partial charge >= 0.3 is 0 Å². The van der Waals surface area contributed by atoms with Gasteiger partial charge in [-0.1, -0.05) is 0 Å². The van der Waals surface area contributed by atoms with Gasteiger partial charge in [-0.05, 0) is 55.5 Å². The molecule has 8 nitrogen and oxygen atoms in total. The van der Waals surface area contributed by atoms with Gasteiger partial charge in [-0.15, -0.1) is 4.40 Å². The zero-order valence-electron chi connectivity index (χ0n) is 13.8. The lowest BCUT2D eigenvalue weighted by molar-refractivity contribution is 0.1000. The zero-order chi connectivity index (χ0) is 18.9. The number of guanidine groups is 1. The molecule has 0 spiro atoms. The van der Waals surface area contributed by atoms with Crippen LogP contribution in [-0.2, 0) is 10.0 Å². The van der Waals surface area contributed by atoms with Crippen molar-refractivity contribution in [3.05, 3.63) is 59.9 Å². The minimum atomic E-state index is -4.03. The van der Waals surface area contributed by atoms with E-state index in [2.05, 4.69) is 9.71 Å². The Morgan fingerprint density at radius 1 is 1.08 bits per heavy atom. The maximum Gasteiger partial charge on any atom is 0.285 e. The fourth-order valence-electron chi connectivity index (χ4n) is 2.40. The number of benzene rings is 2. The third-order valence-corrected chi connectivity index (χ3v) is 4.87. The maximum atomic E-state index is 12.3. The number of furan rings is 1. The molecule has 9 heteroatoms. The molecule has 3 aromatic rings. The predicted octanol–water partition coefficient (Wildman–Crippen LogP) is 1.96. The fraction of sp³-hybridized carbons (Fsp3) is 0.0588. The van der Waals surface area contributed by atoms with Crippen LogP contribution in [0, 0.1) is 6.92 Å². The van der Waals surface area contributed by atoms with E-state index in [1.54, 1.807) is 18.2 Å². The van der Waals surface area contributed by atoms with Crippen molar-refractivity contribution in [1.82, 2.24) is 0 Å². The Bertz CT molecular complexity index is 1120. The Morgan fingerprint density at radius 2 is 1.77 bits per heavy atom. The van der Waals surface area contributed by atoms with Crippen molar-refractivity contribution in [1.29, 1.82) is 0 Å². The summed E-state index contributed by atoms with van der Waals surface area (Å²) in [6, 6.07) is 12.2. The largest absolute Gasteiger partial charge is 0.461 e. The molecule has 0 unspecified atom stereocenters. The zero-order valence-corrected chi connectivity index (χ0v) is 14.6. The molecule has 5 N–H and O–H groups in total. The van der Waals surface area contributed by atoms with Crippen LogP contribution in [0.4, 0.5) is 5.69 Å². The highest BCUT2D eigenvalue weighted by molar-refractivity contribution is 7.90. The summed E-state index contributed by atoms with van der Waals surface area (Å²) in [5, 5.41) is 3.58. The summed E-state index contributed by atoms with van der Waals surface area (Å²) in [6.45, 7) is 1.83. The van der Waals surface area contributed by atoms with Gasteiger partial charge in [0.1, 0.15) is 11.3 Å². The number of primary amides is 1. The molecule has 0 fully saturated rings. The molecule has 0 radical (unpaired) electrons. The summed E-state index contributed by atoms with van der Waals surface area (Å²) in [6.07, 6.45) is 0. The Balaban J connectivity index is 1.83. The molecule has 0 bridgehead atoms. The van der Waals surface area contributed by atoms with Crippen molar-refractivity contribution in [2.45, 2.75) is 11.8 Å². The summed E-state index contributed by atoms with van der Waals surface area (Å²) < 4.78 is 33.6. The first-order chi connectivity index (χ1) is 12.2. The average Bonchev–Trinajstić information content (AvgIpc) is 2.93. The number of nitrogens with one attached hydrogen (secondary N) is 1. The van der Waals surface area contributed by atoms with Crippen molar-refractivity contribution < 1.29 is 17.6 Å². The lowest BCUT2D eigenvalue weighted by atomic mass is 10.2. The fourth-order valence-corrected chi connectivity index (χ4v) is 3.29. The van der Waals surface area contributed by atoms with Crippen molar-refractivity contribution in [3.8, 4) is 0 Å². The quantitative estimate of drug-likeness (QED) is 0.472. The van der Waals surface area contributed by atoms with Crippen LogP contribution in [0.3, 0.4) is 0 Å². The van der Waals surface area contributed by atoms with Gasteiger partial charge in [-0.3, -0.25) is 4.79 Å². The molecule has 1 heterocycles. The van der Waals surface area contributed by atoms with E-state index in [9.17, 15) is 13.2 Å². The number of carbonyl (C=O) groups excluding carboxylic acids is 1. The van der Waals surface area contributed by atoms with Crippen molar-refractivity contribution in [2.24, 2.45) is 15.9 Å². The monoisotopic (exact) mass is 372 g/mol. The van der Waals surface area contributed by atoms with Crippen LogP contribution in [0.2, 0.25) is 0 Å². The number of carbonyl (C=O) groups is 1. The first kappa shape index (κ1) is 17.5. The highest BCUT2D eigenvalue weighted by atomic mass is 32.2. The normalized spacial score (nSPS) is 12.3. The van der Waals surface area contributed by atoms with E-state index in [1.165, 1.54) is 24.3 Å². The predicted molar refractivity (Wildman–Crippen MR) is 98.3 cm³/mol. The van der Waals surface area contributed by atoms with Crippen molar-refractivity contribution in [2.75, 3.05) is 5.32 Å². The number of nitrogens with two attached hydrogens (primary N) is 2. The van der Waals surface area contributed by atoms with Crippen LogP contribution in [0.25, 0.3) is 11.0 Å². The lowest BCUT2D eigenvalue weighted by Crippen LogP contribution is -2.24. The molecule has 3 rings (SSSR count). The minimum absolute atomic E-state index is 0.104. The van der Waals surface area contributed by atoms with Crippen LogP contribution in [0.1, 0.15) is 16.1 Å². The van der Waals surface area contributed by atoms with Crippen molar-refractivity contribution in [3.63, 3.8) is 0 Å². The molecule has 26 heavy (non-hydrogen) atoms. The molecule has 1 aromatic heterocycles. The molecule has 2 aromatic carbocycles. The number of amides is 1. The number of fused-ring (bicyclic) bond motifs is 1. The number of nitrogens with zero attached hydrogens (tertiary/aromatic N) is 1. The average molecular weight is 372 g/mol. The standard InChI is InChI=1S/C17H16N4O4S/c1-10-8-12-9-13(4-7-15(12)25-10)20-17(19)21-26(23,24)14-5-2-11(3-6-14)16(18)22/h2-9H,1H3,(H2,18,22)(H3,19,20,21). The van der Waals surface area contributed by atoms with Gasteiger partial charge < -0.3 is 21.2 Å². The second-order valence-electron chi connectivity index (χ2n) is 5.57. The van der Waals surface area contributed by atoms with Crippen LogP contribution < -0.4 is 16.8 Å². The van der Waals surface area contributed by atoms with Crippen LogP contribution in [0.15, 0.2) is 62.2 Å². The number of rotatable bonds is 4. The van der Waals surface area contributed by atoms with E-state index < -0.39 is 15.9 Å². The van der Waals surface area contributed by atoms with Gasteiger partial charge in [-0.25, -0.2) is 0 Å². The van der Waals surface area contributed by atoms with Crippen LogP contribution in [0.5, 0.6) is 0 Å². The second-order valence-corrected chi connectivity index (χ2v) is 7.18. The molecule has 0 saturated heterocycles. The van der Waals surface area contributed by atoms with E-state index >= 15 is 0 Å². The minimum Gasteiger partial charge on any atom is -0.461 e. The number of aryl methyl sites for hydroxylation is 1. The Morgan fingerprint density at radius 3 is 2.42 bits per heavy atom. The second kappa shape index (κ2) is 6.52. The highest BCUT2D eigenvalue weighted by Gasteiger charge is 2.14. The Labute approximate surface area is 149 Å². The molecule has 0 atom stereocenters. The van der Waals surface area contributed by atoms with E-state index in [0.29, 0.717) is 11.3 Å². The van der Waals surface area contributed by atoms with E-state index in [0.717, 1.165) is 11.1 Å². The lowest BCUT2D eigenvalue weighted by Gasteiger charge is -2.06. The summed E-state index contributed by atoms with van der Waals surface area (Å²) in [5.41, 5.74) is 12.3. The van der Waals surface area contributed by atoms with E-state index in [1.807, 2.05) is 13.0 Å². The highest BCUT2D eigenvalue weighted by Crippen LogP contribution is 2.22. The summed E-state index contributed by atoms with van der Waals surface area (Å²) in [4.78, 5) is 10.9. The van der Waals surface area contributed by atoms with Gasteiger partial charge in [-0.2, -0.15) is 8.42 Å². The smallest absolute Gasteiger partial charge is 0.285 e. The molecule has 0 saturated carbocycles. The van der Waals surface area contributed by atoms with Gasteiger partial charge in [0.25, 0.3) is 10.0 Å². The van der Waals surface area contributed by atoms with Crippen molar-refractivity contribution >= 4 is 38.5 Å². The molecule has 134 valence electrons. The van der Waals surface area contributed by atoms with Crippen LogP contribution >= 0.6 is 0 Å². The summed E-state index contributed by atoms with van der Waals surface area (Å²) in [5.74, 6) is -0.173.